The van der Waals surface area contributed by atoms with E-state index in [1.54, 1.807) is 0 Å². The predicted octanol–water partition coefficient (Wildman–Crippen LogP) is 2.22. The molecule has 7 nitrogen and oxygen atoms in total. The third-order valence-corrected chi connectivity index (χ3v) is 7.58. The summed E-state index contributed by atoms with van der Waals surface area (Å²) in [7, 11) is -2.98. The molecule has 1 atom stereocenters. The Labute approximate surface area is 203 Å². The lowest BCUT2D eigenvalue weighted by Gasteiger charge is -2.34. The number of hydrogen-bond donors (Lipinski definition) is 2. The smallest absolute Gasteiger partial charge is 0.222 e. The highest BCUT2D eigenvalue weighted by atomic mass is 127. The second-order valence-electron chi connectivity index (χ2n) is 8.27. The predicted molar refractivity (Wildman–Crippen MR) is 136 cm³/mol. The van der Waals surface area contributed by atoms with Crippen LogP contribution < -0.4 is 10.6 Å². The highest BCUT2D eigenvalue weighted by Gasteiger charge is 2.28. The van der Waals surface area contributed by atoms with Gasteiger partial charge in [0.1, 0.15) is 0 Å². The minimum absolute atomic E-state index is 0. The molecule has 174 valence electrons. The van der Waals surface area contributed by atoms with Crippen molar-refractivity contribution < 1.29 is 13.2 Å². The summed E-state index contributed by atoms with van der Waals surface area (Å²) in [6.07, 6.45) is 4.18. The van der Waals surface area contributed by atoms with Crippen molar-refractivity contribution in [3.8, 4) is 0 Å². The molecule has 0 aromatic heterocycles. The molecule has 31 heavy (non-hydrogen) atoms. The fraction of sp³-hybridized carbons (Fsp3) is 0.636. The summed E-state index contributed by atoms with van der Waals surface area (Å²) in [5.74, 6) is 1.66. The number of amides is 1. The highest BCUT2D eigenvalue weighted by molar-refractivity contribution is 14.0. The second-order valence-corrected chi connectivity index (χ2v) is 10.5. The average molecular weight is 563 g/mol. The van der Waals surface area contributed by atoms with E-state index in [-0.39, 0.29) is 53.9 Å². The van der Waals surface area contributed by atoms with Gasteiger partial charge in [-0.3, -0.25) is 9.79 Å². The lowest BCUT2D eigenvalue weighted by molar-refractivity contribution is -0.121. The van der Waals surface area contributed by atoms with Gasteiger partial charge < -0.3 is 15.5 Å². The largest absolute Gasteiger partial charge is 0.357 e. The first-order chi connectivity index (χ1) is 14.4. The minimum Gasteiger partial charge on any atom is -0.357 e. The molecule has 2 N–H and O–H groups in total. The van der Waals surface area contributed by atoms with Gasteiger partial charge >= 0.3 is 0 Å². The Morgan fingerprint density at radius 3 is 2.48 bits per heavy atom. The van der Waals surface area contributed by atoms with Gasteiger partial charge in [-0.2, -0.15) is 0 Å². The molecule has 0 saturated carbocycles. The van der Waals surface area contributed by atoms with Gasteiger partial charge in [-0.15, -0.1) is 24.0 Å². The zero-order chi connectivity index (χ0) is 21.4. The van der Waals surface area contributed by atoms with Crippen LogP contribution in [0.3, 0.4) is 0 Å². The molecule has 2 saturated heterocycles. The fourth-order valence-corrected chi connectivity index (χ4v) is 5.87. The van der Waals surface area contributed by atoms with Crippen LogP contribution in [0.15, 0.2) is 35.3 Å². The van der Waals surface area contributed by atoms with E-state index in [1.807, 2.05) is 6.92 Å². The maximum Gasteiger partial charge on any atom is 0.222 e. The van der Waals surface area contributed by atoms with Gasteiger partial charge in [0, 0.05) is 32.1 Å². The SMILES string of the molecule is CCNC(=NCCC(=O)NC1CCS(=O)(=O)C1)N1CCC(Cc2ccccc2)CC1.I. The van der Waals surface area contributed by atoms with Crippen LogP contribution in [0, 0.1) is 5.92 Å². The maximum atomic E-state index is 12.1. The van der Waals surface area contributed by atoms with Gasteiger partial charge in [0.25, 0.3) is 0 Å². The average Bonchev–Trinajstić information content (AvgIpc) is 3.07. The third-order valence-electron chi connectivity index (χ3n) is 5.81. The van der Waals surface area contributed by atoms with E-state index >= 15 is 0 Å². The van der Waals surface area contributed by atoms with Crippen LogP contribution >= 0.6 is 24.0 Å². The number of hydrogen-bond acceptors (Lipinski definition) is 4. The summed E-state index contributed by atoms with van der Waals surface area (Å²) in [6, 6.07) is 10.4. The van der Waals surface area contributed by atoms with Gasteiger partial charge in [-0.1, -0.05) is 30.3 Å². The summed E-state index contributed by atoms with van der Waals surface area (Å²) in [5, 5.41) is 6.17. The number of aliphatic imine (C=N–C) groups is 1. The number of carbonyl (C=O) groups is 1. The normalized spacial score (nSPS) is 21.4. The van der Waals surface area contributed by atoms with Gasteiger partial charge in [0.2, 0.25) is 5.91 Å². The number of piperidine rings is 1. The summed E-state index contributed by atoms with van der Waals surface area (Å²) >= 11 is 0. The van der Waals surface area contributed by atoms with Crippen molar-refractivity contribution in [1.82, 2.24) is 15.5 Å². The monoisotopic (exact) mass is 562 g/mol. The van der Waals surface area contributed by atoms with Crippen molar-refractivity contribution in [1.29, 1.82) is 0 Å². The van der Waals surface area contributed by atoms with Gasteiger partial charge in [-0.05, 0) is 44.1 Å². The molecule has 1 unspecified atom stereocenters. The van der Waals surface area contributed by atoms with Crippen LogP contribution in [0.2, 0.25) is 0 Å². The Kier molecular flexibility index (Phi) is 10.5. The molecule has 0 aliphatic carbocycles. The molecule has 1 aromatic carbocycles. The molecule has 9 heteroatoms. The quantitative estimate of drug-likeness (QED) is 0.302. The van der Waals surface area contributed by atoms with Crippen LogP contribution in [0.25, 0.3) is 0 Å². The van der Waals surface area contributed by atoms with Gasteiger partial charge in [-0.25, -0.2) is 8.42 Å². The van der Waals surface area contributed by atoms with Crippen molar-refractivity contribution in [2.75, 3.05) is 37.7 Å². The van der Waals surface area contributed by atoms with Crippen LogP contribution in [0.1, 0.15) is 38.2 Å². The maximum absolute atomic E-state index is 12.1. The zero-order valence-electron chi connectivity index (χ0n) is 18.3. The first-order valence-electron chi connectivity index (χ1n) is 11.0. The first-order valence-corrected chi connectivity index (χ1v) is 12.8. The number of nitrogens with zero attached hydrogens (tertiary/aromatic N) is 2. The molecule has 1 amide bonds. The number of halogens is 1. The summed E-state index contributed by atoms with van der Waals surface area (Å²) in [4.78, 5) is 19.1. The number of guanidine groups is 1. The van der Waals surface area contributed by atoms with Crippen molar-refractivity contribution in [3.05, 3.63) is 35.9 Å². The molecule has 0 bridgehead atoms. The Hall–Kier alpha value is -1.36. The van der Waals surface area contributed by atoms with E-state index in [0.717, 1.165) is 44.9 Å². The summed E-state index contributed by atoms with van der Waals surface area (Å²) in [5.41, 5.74) is 1.40. The molecule has 3 rings (SSSR count). The van der Waals surface area contributed by atoms with Gasteiger partial charge in [0.15, 0.2) is 15.8 Å². The van der Waals surface area contributed by atoms with Crippen LogP contribution in [0.5, 0.6) is 0 Å². The molecule has 0 radical (unpaired) electrons. The van der Waals surface area contributed by atoms with E-state index in [9.17, 15) is 13.2 Å². The number of likely N-dealkylation sites (tertiary alicyclic amines) is 1. The Bertz CT molecular complexity index is 824. The Morgan fingerprint density at radius 2 is 1.87 bits per heavy atom. The van der Waals surface area contributed by atoms with Crippen LogP contribution in [-0.2, 0) is 21.1 Å². The first kappa shape index (κ1) is 25.9. The number of benzene rings is 1. The fourth-order valence-electron chi connectivity index (χ4n) is 4.19. The zero-order valence-corrected chi connectivity index (χ0v) is 21.4. The number of carbonyl (C=O) groups excluding carboxylic acids is 1. The molecular weight excluding hydrogens is 527 g/mol. The number of rotatable bonds is 7. The topological polar surface area (TPSA) is 90.9 Å². The molecule has 2 heterocycles. The van der Waals surface area contributed by atoms with Crippen molar-refractivity contribution in [2.45, 2.75) is 45.1 Å². The van der Waals surface area contributed by atoms with Crippen molar-refractivity contribution in [2.24, 2.45) is 10.9 Å². The second kappa shape index (κ2) is 12.6. The number of nitrogens with one attached hydrogen (secondary N) is 2. The minimum atomic E-state index is -2.98. The summed E-state index contributed by atoms with van der Waals surface area (Å²) in [6.45, 7) is 5.17. The number of sulfone groups is 1. The standard InChI is InChI=1S/C22H34N4O3S.HI/c1-2-23-22(24-12-8-21(27)25-20-11-15-30(28,29)17-20)26-13-9-19(10-14-26)16-18-6-4-3-5-7-18;/h3-7,19-20H,2,8-17H2,1H3,(H,23,24)(H,25,27);1H. The molecule has 1 aromatic rings. The van der Waals surface area contributed by atoms with Crippen molar-refractivity contribution >= 4 is 45.7 Å². The lowest BCUT2D eigenvalue weighted by atomic mass is 9.90. The third kappa shape index (κ3) is 8.59. The Balaban J connectivity index is 0.00000341. The van der Waals surface area contributed by atoms with Gasteiger partial charge in [0.05, 0.1) is 18.1 Å². The van der Waals surface area contributed by atoms with Crippen LogP contribution in [-0.4, -0.2) is 68.9 Å². The van der Waals surface area contributed by atoms with Crippen molar-refractivity contribution in [3.63, 3.8) is 0 Å². The summed E-state index contributed by atoms with van der Waals surface area (Å²) < 4.78 is 23.0. The van der Waals surface area contributed by atoms with E-state index in [4.69, 9.17) is 0 Å². The lowest BCUT2D eigenvalue weighted by Crippen LogP contribution is -2.46. The highest BCUT2D eigenvalue weighted by Crippen LogP contribution is 2.21. The molecular formula is C22H35IN4O3S. The van der Waals surface area contributed by atoms with Crippen LogP contribution in [0.4, 0.5) is 0 Å². The molecule has 0 spiro atoms. The van der Waals surface area contributed by atoms with E-state index in [1.165, 1.54) is 5.56 Å². The van der Waals surface area contributed by atoms with E-state index < -0.39 is 9.84 Å². The molecule has 2 aliphatic rings. The van der Waals surface area contributed by atoms with E-state index in [2.05, 4.69) is 50.9 Å². The molecule has 2 aliphatic heterocycles. The molecule has 2 fully saturated rings. The van der Waals surface area contributed by atoms with E-state index in [0.29, 0.717) is 18.9 Å². The Morgan fingerprint density at radius 1 is 1.16 bits per heavy atom.